The summed E-state index contributed by atoms with van der Waals surface area (Å²) in [4.78, 5) is 4.08. The van der Waals surface area contributed by atoms with Crippen LogP contribution in [0.25, 0.3) is 0 Å². The van der Waals surface area contributed by atoms with Gasteiger partial charge in [-0.15, -0.1) is 0 Å². The van der Waals surface area contributed by atoms with Crippen LogP contribution in [0.4, 0.5) is 0 Å². The van der Waals surface area contributed by atoms with Crippen LogP contribution in [-0.4, -0.2) is 16.7 Å². The number of hydrogen-bond donors (Lipinski definition) is 1. The largest absolute Gasteiger partial charge is 0.492 e. The Morgan fingerprint density at radius 3 is 2.75 bits per heavy atom. The van der Waals surface area contributed by atoms with Gasteiger partial charge in [-0.3, -0.25) is 4.98 Å². The van der Waals surface area contributed by atoms with Crippen molar-refractivity contribution in [3.8, 4) is 5.75 Å². The van der Waals surface area contributed by atoms with Crippen molar-refractivity contribution in [1.82, 2.24) is 4.98 Å². The number of nitrogens with zero attached hydrogens (tertiary/aromatic N) is 1. The minimum atomic E-state index is -0.447. The highest BCUT2D eigenvalue weighted by Crippen LogP contribution is 2.23. The number of aliphatic hydroxyl groups excluding tert-OH is 1. The molecule has 90 valence electrons. The van der Waals surface area contributed by atoms with Gasteiger partial charge in [-0.2, -0.15) is 0 Å². The summed E-state index contributed by atoms with van der Waals surface area (Å²) in [6.45, 7) is 6.93. The van der Waals surface area contributed by atoms with Crippen molar-refractivity contribution in [2.45, 2.75) is 39.7 Å². The third-order valence-electron chi connectivity index (χ3n) is 2.29. The van der Waals surface area contributed by atoms with E-state index in [0.717, 1.165) is 24.2 Å². The van der Waals surface area contributed by atoms with E-state index >= 15 is 0 Å². The van der Waals surface area contributed by atoms with E-state index in [9.17, 15) is 5.11 Å². The van der Waals surface area contributed by atoms with Gasteiger partial charge < -0.3 is 9.84 Å². The first kappa shape index (κ1) is 13.0. The van der Waals surface area contributed by atoms with Crippen LogP contribution in [0.3, 0.4) is 0 Å². The topological polar surface area (TPSA) is 42.4 Å². The molecule has 0 aliphatic carbocycles. The molecule has 0 aliphatic heterocycles. The van der Waals surface area contributed by atoms with Gasteiger partial charge in [-0.05, 0) is 24.8 Å². The average Bonchev–Trinajstić information content (AvgIpc) is 2.26. The minimum Gasteiger partial charge on any atom is -0.492 e. The van der Waals surface area contributed by atoms with Crippen LogP contribution in [0, 0.1) is 5.92 Å². The molecule has 1 aromatic rings. The van der Waals surface area contributed by atoms with Crippen molar-refractivity contribution in [2.75, 3.05) is 6.61 Å². The highest BCUT2D eigenvalue weighted by Gasteiger charge is 2.10. The van der Waals surface area contributed by atoms with Gasteiger partial charge in [0.05, 0.1) is 18.9 Å². The van der Waals surface area contributed by atoms with Gasteiger partial charge in [-0.1, -0.05) is 20.8 Å². The summed E-state index contributed by atoms with van der Waals surface area (Å²) < 4.78 is 5.48. The lowest BCUT2D eigenvalue weighted by Crippen LogP contribution is -2.03. The van der Waals surface area contributed by atoms with E-state index in [4.69, 9.17) is 4.74 Å². The maximum absolute atomic E-state index is 9.95. The zero-order chi connectivity index (χ0) is 12.0. The zero-order valence-electron chi connectivity index (χ0n) is 10.3. The summed E-state index contributed by atoms with van der Waals surface area (Å²) in [6, 6.07) is 1.87. The Morgan fingerprint density at radius 1 is 1.38 bits per heavy atom. The van der Waals surface area contributed by atoms with Gasteiger partial charge in [-0.25, -0.2) is 0 Å². The molecule has 1 aromatic heterocycles. The fourth-order valence-corrected chi connectivity index (χ4v) is 1.50. The Hall–Kier alpha value is -1.09. The maximum atomic E-state index is 9.95. The van der Waals surface area contributed by atoms with Crippen LogP contribution in [0.1, 0.15) is 45.3 Å². The summed E-state index contributed by atoms with van der Waals surface area (Å²) in [5.41, 5.74) is 0.835. The average molecular weight is 223 g/mol. The number of aliphatic hydroxyl groups is 1. The van der Waals surface area contributed by atoms with Crippen molar-refractivity contribution in [2.24, 2.45) is 5.92 Å². The van der Waals surface area contributed by atoms with Crippen molar-refractivity contribution in [3.05, 3.63) is 24.0 Å². The molecule has 0 radical (unpaired) electrons. The van der Waals surface area contributed by atoms with E-state index in [-0.39, 0.29) is 0 Å². The second-order valence-electron chi connectivity index (χ2n) is 4.45. The smallest absolute Gasteiger partial charge is 0.137 e. The molecule has 16 heavy (non-hydrogen) atoms. The van der Waals surface area contributed by atoms with Crippen LogP contribution in [0.5, 0.6) is 5.75 Å². The van der Waals surface area contributed by atoms with Gasteiger partial charge in [0.15, 0.2) is 0 Å². The van der Waals surface area contributed by atoms with Gasteiger partial charge >= 0.3 is 0 Å². The third-order valence-corrected chi connectivity index (χ3v) is 2.29. The fourth-order valence-electron chi connectivity index (χ4n) is 1.50. The predicted octanol–water partition coefficient (Wildman–Crippen LogP) is 2.95. The van der Waals surface area contributed by atoms with E-state index in [1.54, 1.807) is 12.4 Å². The maximum Gasteiger partial charge on any atom is 0.137 e. The molecule has 1 rings (SSSR count). The second-order valence-corrected chi connectivity index (χ2v) is 4.45. The first-order valence-corrected chi connectivity index (χ1v) is 5.89. The molecule has 1 heterocycles. The third kappa shape index (κ3) is 4.19. The van der Waals surface area contributed by atoms with Crippen molar-refractivity contribution < 1.29 is 9.84 Å². The normalized spacial score (nSPS) is 12.8. The first-order valence-electron chi connectivity index (χ1n) is 5.89. The van der Waals surface area contributed by atoms with Crippen molar-refractivity contribution in [3.63, 3.8) is 0 Å². The summed E-state index contributed by atoms with van der Waals surface area (Å²) in [6.07, 6.45) is 4.66. The number of aromatic nitrogens is 1. The Morgan fingerprint density at radius 2 is 2.12 bits per heavy atom. The Kier molecular flexibility index (Phi) is 5.26. The highest BCUT2D eigenvalue weighted by molar-refractivity contribution is 5.25. The molecule has 0 saturated heterocycles. The molecule has 1 atom stereocenters. The summed E-state index contributed by atoms with van der Waals surface area (Å²) >= 11 is 0. The molecule has 0 fully saturated rings. The van der Waals surface area contributed by atoms with Gasteiger partial charge in [0.25, 0.3) is 0 Å². The monoisotopic (exact) mass is 223 g/mol. The SMILES string of the molecule is CCCOc1cncc(C(O)CC(C)C)c1. The van der Waals surface area contributed by atoms with Crippen LogP contribution in [0.2, 0.25) is 0 Å². The highest BCUT2D eigenvalue weighted by atomic mass is 16.5. The van der Waals surface area contributed by atoms with Crippen LogP contribution in [-0.2, 0) is 0 Å². The molecule has 3 nitrogen and oxygen atoms in total. The number of rotatable bonds is 6. The van der Waals surface area contributed by atoms with E-state index in [0.29, 0.717) is 12.5 Å². The molecule has 0 aliphatic rings. The molecule has 0 bridgehead atoms. The molecule has 0 aromatic carbocycles. The minimum absolute atomic E-state index is 0.447. The Bertz CT molecular complexity index is 313. The van der Waals surface area contributed by atoms with Gasteiger partial charge in [0, 0.05) is 11.8 Å². The van der Waals surface area contributed by atoms with Gasteiger partial charge in [0.2, 0.25) is 0 Å². The molecular weight excluding hydrogens is 202 g/mol. The quantitative estimate of drug-likeness (QED) is 0.806. The molecular formula is C13H21NO2. The summed E-state index contributed by atoms with van der Waals surface area (Å²) in [7, 11) is 0. The first-order chi connectivity index (χ1) is 7.63. The standard InChI is InChI=1S/C13H21NO2/c1-4-5-16-12-7-11(8-14-9-12)13(15)6-10(2)3/h7-10,13,15H,4-6H2,1-3H3. The number of pyridine rings is 1. The van der Waals surface area contributed by atoms with E-state index in [2.05, 4.69) is 25.8 Å². The Labute approximate surface area is 97.5 Å². The van der Waals surface area contributed by atoms with Crippen LogP contribution >= 0.6 is 0 Å². The Balaban J connectivity index is 2.65. The van der Waals surface area contributed by atoms with E-state index < -0.39 is 6.10 Å². The second kappa shape index (κ2) is 6.48. The predicted molar refractivity (Wildman–Crippen MR) is 64.4 cm³/mol. The number of hydrogen-bond acceptors (Lipinski definition) is 3. The molecule has 1 unspecified atom stereocenters. The fraction of sp³-hybridized carbons (Fsp3) is 0.615. The van der Waals surface area contributed by atoms with E-state index in [1.165, 1.54) is 0 Å². The summed E-state index contributed by atoms with van der Waals surface area (Å²) in [5, 5.41) is 9.95. The molecule has 0 saturated carbocycles. The van der Waals surface area contributed by atoms with E-state index in [1.807, 2.05) is 6.07 Å². The molecule has 0 amide bonds. The molecule has 3 heteroatoms. The van der Waals surface area contributed by atoms with Crippen LogP contribution in [0.15, 0.2) is 18.5 Å². The summed E-state index contributed by atoms with van der Waals surface area (Å²) in [5.74, 6) is 1.21. The lowest BCUT2D eigenvalue weighted by molar-refractivity contribution is 0.150. The number of ether oxygens (including phenoxy) is 1. The van der Waals surface area contributed by atoms with Gasteiger partial charge in [0.1, 0.15) is 5.75 Å². The van der Waals surface area contributed by atoms with Crippen LogP contribution < -0.4 is 4.74 Å². The van der Waals surface area contributed by atoms with Crippen molar-refractivity contribution >= 4 is 0 Å². The molecule has 1 N–H and O–H groups in total. The zero-order valence-corrected chi connectivity index (χ0v) is 10.3. The lowest BCUT2D eigenvalue weighted by atomic mass is 10.0. The molecule has 0 spiro atoms. The lowest BCUT2D eigenvalue weighted by Gasteiger charge is -2.14. The van der Waals surface area contributed by atoms with Crippen molar-refractivity contribution in [1.29, 1.82) is 0 Å².